The summed E-state index contributed by atoms with van der Waals surface area (Å²) in [5.41, 5.74) is 2.92. The monoisotopic (exact) mass is 448 g/mol. The molecule has 0 saturated heterocycles. The van der Waals surface area contributed by atoms with Gasteiger partial charge < -0.3 is 9.97 Å². The second-order valence-electron chi connectivity index (χ2n) is 4.56. The number of H-pyrrole nitrogens is 2. The first-order valence-electron chi connectivity index (χ1n) is 5.95. The molecule has 0 amide bonds. The average molecular weight is 451 g/mol. The molecule has 1 aromatic heterocycles. The van der Waals surface area contributed by atoms with Crippen LogP contribution < -0.4 is 5.69 Å². The molecule has 0 aliphatic rings. The molecular formula is C14H8Br2Cl2N2O. The standard InChI is InChI=1S/C14H8Br2Cl2N2O/c15-7-1-6(2-8(17)3-7)13(18)9-4-11-12(5-10(9)16)20-14(21)19-11/h1-5,13H,(H2,19,20,21). The first kappa shape index (κ1) is 15.2. The fourth-order valence-corrected chi connectivity index (χ4v) is 4.06. The molecule has 1 atom stereocenters. The maximum atomic E-state index is 11.4. The lowest BCUT2D eigenvalue weighted by Crippen LogP contribution is -1.99. The number of nitrogens with one attached hydrogen (secondary N) is 2. The van der Waals surface area contributed by atoms with Crippen molar-refractivity contribution >= 4 is 66.1 Å². The van der Waals surface area contributed by atoms with Gasteiger partial charge in [0.15, 0.2) is 0 Å². The fraction of sp³-hybridized carbons (Fsp3) is 0.0714. The molecule has 2 aromatic carbocycles. The quantitative estimate of drug-likeness (QED) is 0.507. The molecule has 3 rings (SSSR count). The van der Waals surface area contributed by atoms with Crippen molar-refractivity contribution in [2.75, 3.05) is 0 Å². The molecule has 0 fully saturated rings. The van der Waals surface area contributed by atoms with Crippen LogP contribution in [-0.2, 0) is 0 Å². The van der Waals surface area contributed by atoms with E-state index in [0.29, 0.717) is 10.5 Å². The van der Waals surface area contributed by atoms with Crippen LogP contribution >= 0.6 is 55.1 Å². The molecule has 0 aliphatic heterocycles. The number of hydrogen-bond donors (Lipinski definition) is 2. The first-order chi connectivity index (χ1) is 9.94. The summed E-state index contributed by atoms with van der Waals surface area (Å²) in [6.07, 6.45) is 0. The average Bonchev–Trinajstić information content (AvgIpc) is 2.75. The van der Waals surface area contributed by atoms with Gasteiger partial charge in [0.05, 0.1) is 16.4 Å². The maximum absolute atomic E-state index is 11.4. The third-order valence-corrected chi connectivity index (χ3v) is 4.93. The summed E-state index contributed by atoms with van der Waals surface area (Å²) in [5.74, 6) is 0. The van der Waals surface area contributed by atoms with E-state index in [1.807, 2.05) is 24.3 Å². The molecule has 2 N–H and O–H groups in total. The first-order valence-corrected chi connectivity index (χ1v) is 8.35. The summed E-state index contributed by atoms with van der Waals surface area (Å²) >= 11 is 19.5. The van der Waals surface area contributed by atoms with Gasteiger partial charge in [-0.2, -0.15) is 0 Å². The Labute approximate surface area is 146 Å². The zero-order valence-electron chi connectivity index (χ0n) is 10.4. The number of imidazole rings is 1. The molecule has 0 bridgehead atoms. The van der Waals surface area contributed by atoms with Crippen molar-refractivity contribution < 1.29 is 0 Å². The van der Waals surface area contributed by atoms with Crippen LogP contribution in [0.4, 0.5) is 0 Å². The van der Waals surface area contributed by atoms with E-state index in [1.165, 1.54) is 0 Å². The van der Waals surface area contributed by atoms with E-state index in [1.54, 1.807) is 6.07 Å². The second kappa shape index (κ2) is 5.80. The number of rotatable bonds is 2. The lowest BCUT2D eigenvalue weighted by Gasteiger charge is -2.13. The van der Waals surface area contributed by atoms with Crippen LogP contribution in [0, 0.1) is 0 Å². The van der Waals surface area contributed by atoms with Crippen LogP contribution in [0.1, 0.15) is 16.5 Å². The van der Waals surface area contributed by atoms with Crippen molar-refractivity contribution in [2.24, 2.45) is 0 Å². The van der Waals surface area contributed by atoms with Gasteiger partial charge in [-0.05, 0) is 41.5 Å². The summed E-state index contributed by atoms with van der Waals surface area (Å²) in [4.78, 5) is 16.8. The van der Waals surface area contributed by atoms with Gasteiger partial charge in [-0.25, -0.2) is 4.79 Å². The predicted molar refractivity (Wildman–Crippen MR) is 93.5 cm³/mol. The summed E-state index contributed by atoms with van der Waals surface area (Å²) in [7, 11) is 0. The molecule has 0 spiro atoms. The Hall–Kier alpha value is -0.750. The van der Waals surface area contributed by atoms with Crippen molar-refractivity contribution in [3.8, 4) is 0 Å². The number of hydrogen-bond acceptors (Lipinski definition) is 1. The van der Waals surface area contributed by atoms with E-state index in [0.717, 1.165) is 25.6 Å². The van der Waals surface area contributed by atoms with Crippen molar-refractivity contribution in [2.45, 2.75) is 5.38 Å². The van der Waals surface area contributed by atoms with Crippen LogP contribution in [0.15, 0.2) is 44.1 Å². The molecule has 3 aromatic rings. The highest BCUT2D eigenvalue weighted by Crippen LogP contribution is 2.37. The Bertz CT molecular complexity index is 868. The number of halogens is 4. The summed E-state index contributed by atoms with van der Waals surface area (Å²) in [6, 6.07) is 9.22. The van der Waals surface area contributed by atoms with Crippen molar-refractivity contribution in [1.82, 2.24) is 9.97 Å². The zero-order chi connectivity index (χ0) is 15.1. The Morgan fingerprint density at radius 3 is 2.33 bits per heavy atom. The van der Waals surface area contributed by atoms with Crippen LogP contribution in [0.3, 0.4) is 0 Å². The van der Waals surface area contributed by atoms with E-state index in [4.69, 9.17) is 23.2 Å². The van der Waals surface area contributed by atoms with Gasteiger partial charge in [-0.3, -0.25) is 0 Å². The van der Waals surface area contributed by atoms with Gasteiger partial charge in [0.1, 0.15) is 0 Å². The van der Waals surface area contributed by atoms with Crippen LogP contribution in [-0.4, -0.2) is 9.97 Å². The van der Waals surface area contributed by atoms with E-state index < -0.39 is 5.38 Å². The van der Waals surface area contributed by atoms with Crippen molar-refractivity contribution in [3.63, 3.8) is 0 Å². The lowest BCUT2D eigenvalue weighted by molar-refractivity contribution is 1.13. The summed E-state index contributed by atoms with van der Waals surface area (Å²) in [6.45, 7) is 0. The van der Waals surface area contributed by atoms with Gasteiger partial charge >= 0.3 is 5.69 Å². The summed E-state index contributed by atoms with van der Waals surface area (Å²) in [5, 5.41) is 0.217. The molecular weight excluding hydrogens is 443 g/mol. The number of fused-ring (bicyclic) bond motifs is 1. The molecule has 1 unspecified atom stereocenters. The Morgan fingerprint density at radius 2 is 1.67 bits per heavy atom. The number of alkyl halides is 1. The van der Waals surface area contributed by atoms with E-state index in [9.17, 15) is 4.79 Å². The Morgan fingerprint density at radius 1 is 1.00 bits per heavy atom. The Balaban J connectivity index is 2.13. The molecule has 21 heavy (non-hydrogen) atoms. The van der Waals surface area contributed by atoms with Gasteiger partial charge in [-0.15, -0.1) is 11.6 Å². The van der Waals surface area contributed by atoms with Crippen molar-refractivity contribution in [1.29, 1.82) is 0 Å². The van der Waals surface area contributed by atoms with E-state index in [2.05, 4.69) is 41.8 Å². The van der Waals surface area contributed by atoms with Gasteiger partial charge in [-0.1, -0.05) is 43.5 Å². The lowest BCUT2D eigenvalue weighted by atomic mass is 10.0. The highest BCUT2D eigenvalue weighted by Gasteiger charge is 2.17. The number of aromatic amines is 2. The molecule has 0 radical (unpaired) electrons. The summed E-state index contributed by atoms with van der Waals surface area (Å²) < 4.78 is 1.68. The highest BCUT2D eigenvalue weighted by atomic mass is 79.9. The third kappa shape index (κ3) is 3.06. The topological polar surface area (TPSA) is 48.6 Å². The third-order valence-electron chi connectivity index (χ3n) is 3.08. The molecule has 0 saturated carbocycles. The number of benzene rings is 2. The largest absolute Gasteiger partial charge is 0.323 e. The number of aromatic nitrogens is 2. The van der Waals surface area contributed by atoms with E-state index in [-0.39, 0.29) is 5.69 Å². The van der Waals surface area contributed by atoms with Crippen LogP contribution in [0.25, 0.3) is 11.0 Å². The van der Waals surface area contributed by atoms with Gasteiger partial charge in [0.2, 0.25) is 0 Å². The normalized spacial score (nSPS) is 12.8. The molecule has 1 heterocycles. The van der Waals surface area contributed by atoms with Crippen molar-refractivity contribution in [3.05, 3.63) is 65.9 Å². The minimum atomic E-state index is -0.392. The van der Waals surface area contributed by atoms with Crippen LogP contribution in [0.5, 0.6) is 0 Å². The fourth-order valence-electron chi connectivity index (χ4n) is 2.17. The predicted octanol–water partition coefficient (Wildman–Crippen LogP) is 5.36. The molecule has 3 nitrogen and oxygen atoms in total. The minimum absolute atomic E-state index is 0.245. The molecule has 108 valence electrons. The molecule has 0 aliphatic carbocycles. The molecule has 7 heteroatoms. The smallest absolute Gasteiger partial charge is 0.306 e. The second-order valence-corrected chi connectivity index (χ2v) is 7.21. The zero-order valence-corrected chi connectivity index (χ0v) is 15.1. The van der Waals surface area contributed by atoms with Gasteiger partial charge in [0, 0.05) is 14.0 Å². The van der Waals surface area contributed by atoms with Crippen LogP contribution in [0.2, 0.25) is 5.02 Å². The SMILES string of the molecule is O=c1[nH]c2cc(Br)c(C(Cl)c3cc(Cl)cc(Br)c3)cc2[nH]1. The minimum Gasteiger partial charge on any atom is -0.306 e. The van der Waals surface area contributed by atoms with Gasteiger partial charge in [0.25, 0.3) is 0 Å². The van der Waals surface area contributed by atoms with E-state index >= 15 is 0 Å². The maximum Gasteiger partial charge on any atom is 0.323 e. The highest BCUT2D eigenvalue weighted by molar-refractivity contribution is 9.10. The Kier molecular flexibility index (Phi) is 4.19.